The lowest BCUT2D eigenvalue weighted by Gasteiger charge is -2.36. The van der Waals surface area contributed by atoms with Crippen LogP contribution in [0.1, 0.15) is 0 Å². The van der Waals surface area contributed by atoms with Crippen LogP contribution in [0.15, 0.2) is 66.7 Å². The van der Waals surface area contributed by atoms with E-state index in [0.29, 0.717) is 53.8 Å². The van der Waals surface area contributed by atoms with Crippen LogP contribution in [0.3, 0.4) is 0 Å². The van der Waals surface area contributed by atoms with Crippen molar-refractivity contribution in [3.05, 3.63) is 77.6 Å². The Hall–Kier alpha value is -3.91. The summed E-state index contributed by atoms with van der Waals surface area (Å²) in [7, 11) is 1.60. The minimum Gasteiger partial charge on any atom is -0.497 e. The molecule has 2 amide bonds. The van der Waals surface area contributed by atoms with Crippen molar-refractivity contribution >= 4 is 40.0 Å². The summed E-state index contributed by atoms with van der Waals surface area (Å²) >= 11 is 6.23. The fourth-order valence-electron chi connectivity index (χ4n) is 4.05. The number of ether oxygens (including phenoxy) is 1. The Morgan fingerprint density at radius 1 is 0.971 bits per heavy atom. The van der Waals surface area contributed by atoms with Crippen LogP contribution in [0.25, 0.3) is 22.3 Å². The van der Waals surface area contributed by atoms with E-state index in [0.717, 1.165) is 17.0 Å². The van der Waals surface area contributed by atoms with Gasteiger partial charge in [-0.25, -0.2) is 19.2 Å². The number of halogens is 2. The number of nitrogens with zero attached hydrogens (tertiary/aromatic N) is 4. The van der Waals surface area contributed by atoms with Gasteiger partial charge in [0.15, 0.2) is 5.82 Å². The monoisotopic (exact) mass is 491 g/mol. The molecule has 0 atom stereocenters. The van der Waals surface area contributed by atoms with E-state index in [1.54, 1.807) is 42.3 Å². The number of carbonyl (C=O) groups excluding carboxylic acids is 1. The number of piperazine rings is 1. The topological polar surface area (TPSA) is 70.6 Å². The molecule has 1 aliphatic rings. The van der Waals surface area contributed by atoms with E-state index in [1.807, 2.05) is 24.3 Å². The zero-order chi connectivity index (χ0) is 24.4. The molecule has 7 nitrogen and oxygen atoms in total. The highest BCUT2D eigenvalue weighted by Crippen LogP contribution is 2.30. The van der Waals surface area contributed by atoms with Gasteiger partial charge < -0.3 is 19.9 Å². The number of benzene rings is 3. The standard InChI is InChI=1S/C26H23ClFN5O2/c1-35-21-9-7-20(8-10-21)29-26(34)33-14-12-32(13-15-33)25-22-11-4-18(27)16-23(22)30-24(31-25)17-2-5-19(28)6-3-17/h2-11,16H,12-15H2,1H3,(H,29,34). The van der Waals surface area contributed by atoms with E-state index < -0.39 is 0 Å². The summed E-state index contributed by atoms with van der Waals surface area (Å²) in [5.41, 5.74) is 2.13. The number of urea groups is 1. The van der Waals surface area contributed by atoms with Gasteiger partial charge in [0.1, 0.15) is 17.4 Å². The Balaban J connectivity index is 1.36. The number of carbonyl (C=O) groups is 1. The average Bonchev–Trinajstić information content (AvgIpc) is 2.89. The number of anilines is 2. The zero-order valence-electron chi connectivity index (χ0n) is 19.0. The van der Waals surface area contributed by atoms with Gasteiger partial charge in [0.05, 0.1) is 12.6 Å². The molecule has 1 N–H and O–H groups in total. The number of hydrogen-bond donors (Lipinski definition) is 1. The smallest absolute Gasteiger partial charge is 0.321 e. The maximum atomic E-state index is 13.4. The number of nitrogens with one attached hydrogen (secondary N) is 1. The van der Waals surface area contributed by atoms with Crippen LogP contribution >= 0.6 is 11.6 Å². The molecule has 1 fully saturated rings. The predicted molar refractivity (Wildman–Crippen MR) is 136 cm³/mol. The van der Waals surface area contributed by atoms with Crippen molar-refractivity contribution in [3.63, 3.8) is 0 Å². The Morgan fingerprint density at radius 3 is 2.37 bits per heavy atom. The van der Waals surface area contributed by atoms with Crippen LogP contribution in [0.4, 0.5) is 20.7 Å². The van der Waals surface area contributed by atoms with Crippen molar-refractivity contribution in [1.29, 1.82) is 0 Å². The van der Waals surface area contributed by atoms with Crippen LogP contribution < -0.4 is 15.0 Å². The van der Waals surface area contributed by atoms with Crippen LogP contribution in [-0.4, -0.2) is 54.2 Å². The third kappa shape index (κ3) is 4.97. The molecule has 0 spiro atoms. The van der Waals surface area contributed by atoms with E-state index in [4.69, 9.17) is 21.3 Å². The third-order valence-corrected chi connectivity index (χ3v) is 6.18. The van der Waals surface area contributed by atoms with Gasteiger partial charge in [-0.2, -0.15) is 0 Å². The molecule has 4 aromatic rings. The van der Waals surface area contributed by atoms with Crippen molar-refractivity contribution in [2.75, 3.05) is 43.5 Å². The SMILES string of the molecule is COc1ccc(NC(=O)N2CCN(c3nc(-c4ccc(F)cc4)nc4cc(Cl)ccc34)CC2)cc1. The van der Waals surface area contributed by atoms with E-state index in [-0.39, 0.29) is 11.8 Å². The largest absolute Gasteiger partial charge is 0.497 e. The first-order valence-electron chi connectivity index (χ1n) is 11.2. The molecule has 1 aliphatic heterocycles. The van der Waals surface area contributed by atoms with Crippen LogP contribution in [-0.2, 0) is 0 Å². The van der Waals surface area contributed by atoms with Crippen LogP contribution in [0, 0.1) is 5.82 Å². The van der Waals surface area contributed by atoms with Crippen molar-refractivity contribution in [3.8, 4) is 17.1 Å². The van der Waals surface area contributed by atoms with Crippen molar-refractivity contribution < 1.29 is 13.9 Å². The number of methoxy groups -OCH3 is 1. The lowest BCUT2D eigenvalue weighted by Crippen LogP contribution is -2.50. The van der Waals surface area contributed by atoms with Gasteiger partial charge in [0.25, 0.3) is 0 Å². The molecule has 178 valence electrons. The van der Waals surface area contributed by atoms with Crippen molar-refractivity contribution in [2.45, 2.75) is 0 Å². The Morgan fingerprint density at radius 2 is 1.69 bits per heavy atom. The van der Waals surface area contributed by atoms with E-state index >= 15 is 0 Å². The first-order valence-corrected chi connectivity index (χ1v) is 11.6. The molecule has 2 heterocycles. The highest BCUT2D eigenvalue weighted by Gasteiger charge is 2.24. The molecule has 3 aromatic carbocycles. The average molecular weight is 492 g/mol. The van der Waals surface area contributed by atoms with Crippen molar-refractivity contribution in [2.24, 2.45) is 0 Å². The lowest BCUT2D eigenvalue weighted by molar-refractivity contribution is 0.208. The highest BCUT2D eigenvalue weighted by atomic mass is 35.5. The van der Waals surface area contributed by atoms with Gasteiger partial charge in [0.2, 0.25) is 0 Å². The third-order valence-electron chi connectivity index (χ3n) is 5.95. The fraction of sp³-hybridized carbons (Fsp3) is 0.192. The molecular weight excluding hydrogens is 469 g/mol. The quantitative estimate of drug-likeness (QED) is 0.411. The second-order valence-corrected chi connectivity index (χ2v) is 8.61. The molecule has 0 bridgehead atoms. The van der Waals surface area contributed by atoms with Gasteiger partial charge in [-0.05, 0) is 66.7 Å². The molecule has 0 radical (unpaired) electrons. The highest BCUT2D eigenvalue weighted by molar-refractivity contribution is 6.31. The number of amides is 2. The minimum absolute atomic E-state index is 0.152. The van der Waals surface area contributed by atoms with Gasteiger partial charge in [-0.15, -0.1) is 0 Å². The summed E-state index contributed by atoms with van der Waals surface area (Å²) in [6, 6.07) is 18.7. The van der Waals surface area contributed by atoms with E-state index in [1.165, 1.54) is 12.1 Å². The maximum Gasteiger partial charge on any atom is 0.321 e. The van der Waals surface area contributed by atoms with Gasteiger partial charge in [-0.1, -0.05) is 11.6 Å². The number of rotatable bonds is 4. The molecule has 9 heteroatoms. The predicted octanol–water partition coefficient (Wildman–Crippen LogP) is 5.45. The van der Waals surface area contributed by atoms with E-state index in [9.17, 15) is 9.18 Å². The molecular formula is C26H23ClFN5O2. The summed E-state index contributed by atoms with van der Waals surface area (Å²) in [6.07, 6.45) is 0. The molecule has 5 rings (SSSR count). The maximum absolute atomic E-state index is 13.4. The molecule has 35 heavy (non-hydrogen) atoms. The van der Waals surface area contributed by atoms with Crippen molar-refractivity contribution in [1.82, 2.24) is 14.9 Å². The molecule has 0 unspecified atom stereocenters. The lowest BCUT2D eigenvalue weighted by atomic mass is 10.1. The Labute approximate surface area is 207 Å². The zero-order valence-corrected chi connectivity index (χ0v) is 19.8. The van der Waals surface area contributed by atoms with Gasteiger partial charge in [0, 0.05) is 47.8 Å². The summed E-state index contributed by atoms with van der Waals surface area (Å²) in [5, 5.41) is 4.38. The van der Waals surface area contributed by atoms with Gasteiger partial charge in [-0.3, -0.25) is 0 Å². The van der Waals surface area contributed by atoms with E-state index in [2.05, 4.69) is 15.2 Å². The Bertz CT molecular complexity index is 1360. The summed E-state index contributed by atoms with van der Waals surface area (Å²) in [5.74, 6) is 1.67. The number of fused-ring (bicyclic) bond motifs is 1. The fourth-order valence-corrected chi connectivity index (χ4v) is 4.22. The minimum atomic E-state index is -0.318. The first kappa shape index (κ1) is 22.9. The second-order valence-electron chi connectivity index (χ2n) is 8.17. The molecule has 0 saturated carbocycles. The summed E-state index contributed by atoms with van der Waals surface area (Å²) < 4.78 is 18.6. The molecule has 0 aliphatic carbocycles. The number of aromatic nitrogens is 2. The van der Waals surface area contributed by atoms with Crippen LogP contribution in [0.5, 0.6) is 5.75 Å². The second kappa shape index (κ2) is 9.76. The van der Waals surface area contributed by atoms with Crippen LogP contribution in [0.2, 0.25) is 5.02 Å². The van der Waals surface area contributed by atoms with Gasteiger partial charge >= 0.3 is 6.03 Å². The first-order chi connectivity index (χ1) is 17.0. The summed E-state index contributed by atoms with van der Waals surface area (Å²) in [6.45, 7) is 2.28. The molecule has 1 aromatic heterocycles. The normalized spacial score (nSPS) is 13.7. The molecule has 1 saturated heterocycles. The summed E-state index contributed by atoms with van der Waals surface area (Å²) in [4.78, 5) is 26.2. The Kier molecular flexibility index (Phi) is 6.37. The number of hydrogen-bond acceptors (Lipinski definition) is 5.